The zero-order chi connectivity index (χ0) is 4.50. The van der Waals surface area contributed by atoms with Gasteiger partial charge in [-0.05, 0) is 0 Å². The third-order valence-electron chi connectivity index (χ3n) is 0. The Hall–Kier alpha value is 1.54. The maximum Gasteiger partial charge on any atom is 2.00 e. The molecule has 0 unspecified atom stereocenters. The quantitative estimate of drug-likeness (QED) is 0.297. The van der Waals surface area contributed by atoms with Crippen molar-refractivity contribution >= 4 is 32.1 Å². The Balaban J connectivity index is -0.0000000133. The van der Waals surface area contributed by atoms with Gasteiger partial charge in [-0.1, -0.05) is 0 Å². The summed E-state index contributed by atoms with van der Waals surface area (Å²) in [4.78, 5) is 29.3. The van der Waals surface area contributed by atoms with Crippen LogP contribution in [-0.2, 0) is 21.7 Å². The number of hydrogen-bond acceptors (Lipinski definition) is 4. The van der Waals surface area contributed by atoms with E-state index in [1.165, 1.54) is 0 Å². The van der Waals surface area contributed by atoms with Crippen LogP contribution in [0.15, 0.2) is 0 Å². The van der Waals surface area contributed by atoms with Gasteiger partial charge < -0.3 is 22.0 Å². The molecule has 4 N–H and O–H groups in total. The molecule has 0 saturated heterocycles. The van der Waals surface area contributed by atoms with E-state index in [0.717, 1.165) is 0 Å². The molecule has 0 aromatic heterocycles. The molecule has 0 heterocycles. The molecule has 0 amide bonds. The minimum Gasteiger partial charge on any atom is -1.00 e. The second-order valence-electron chi connectivity index (χ2n) is 0.600. The van der Waals surface area contributed by atoms with E-state index in [9.17, 15) is 0 Å². The maximum atomic E-state index is 7.33. The SMILES string of the molecule is O[Si](O)(O)O.[H-].[H-].[Mg+2].[Ti]. The molecule has 0 aliphatic heterocycles. The summed E-state index contributed by atoms with van der Waals surface area (Å²) in [6.45, 7) is 0. The van der Waals surface area contributed by atoms with Crippen LogP contribution in [-0.4, -0.2) is 51.3 Å². The molecule has 0 radical (unpaired) electrons. The first-order valence-corrected chi connectivity index (χ1v) is 2.68. The molecule has 4 nitrogen and oxygen atoms in total. The van der Waals surface area contributed by atoms with Gasteiger partial charge in [-0.25, -0.2) is 0 Å². The summed E-state index contributed by atoms with van der Waals surface area (Å²) < 4.78 is 0. The summed E-state index contributed by atoms with van der Waals surface area (Å²) in [5.74, 6) is 0. The van der Waals surface area contributed by atoms with E-state index in [-0.39, 0.29) is 47.6 Å². The van der Waals surface area contributed by atoms with Gasteiger partial charge in [0.1, 0.15) is 0 Å². The molecule has 0 rings (SSSR count). The largest absolute Gasteiger partial charge is 2.00 e. The van der Waals surface area contributed by atoms with E-state index in [0.29, 0.717) is 0 Å². The average Bonchev–Trinajstić information content (AvgIpc) is 0.722. The van der Waals surface area contributed by atoms with Crippen LogP contribution in [0.25, 0.3) is 0 Å². The molecule has 0 aliphatic carbocycles. The van der Waals surface area contributed by atoms with Gasteiger partial charge in [-0.3, -0.25) is 0 Å². The monoisotopic (exact) mass is 170 g/mol. The fourth-order valence-electron chi connectivity index (χ4n) is 0. The number of hydrogen-bond donors (Lipinski definition) is 4. The first kappa shape index (κ1) is 15.8. The first-order chi connectivity index (χ1) is 2.00. The standard InChI is InChI=1S/Mg.H4O4Si.Ti.2H/c;1-5(2,3)4;;;/h;1-4H;;;/q+2;;;2*-1. The van der Waals surface area contributed by atoms with Crippen molar-refractivity contribution in [3.8, 4) is 0 Å². The molecule has 0 aliphatic rings. The van der Waals surface area contributed by atoms with Crippen LogP contribution in [0.4, 0.5) is 0 Å². The van der Waals surface area contributed by atoms with E-state index < -0.39 is 9.05 Å². The molecule has 0 aromatic rings. The van der Waals surface area contributed by atoms with Crippen LogP contribution in [0.5, 0.6) is 0 Å². The van der Waals surface area contributed by atoms with Crippen LogP contribution in [0.1, 0.15) is 2.85 Å². The van der Waals surface area contributed by atoms with Crippen molar-refractivity contribution in [2.75, 3.05) is 0 Å². The molecule has 7 heavy (non-hydrogen) atoms. The molecule has 0 saturated carbocycles. The minimum absolute atomic E-state index is 0. The molecule has 7 heteroatoms. The third kappa shape index (κ3) is 97.8. The van der Waals surface area contributed by atoms with Crippen molar-refractivity contribution in [2.24, 2.45) is 0 Å². The van der Waals surface area contributed by atoms with Crippen LogP contribution < -0.4 is 0 Å². The van der Waals surface area contributed by atoms with Gasteiger partial charge in [0.05, 0.1) is 0 Å². The van der Waals surface area contributed by atoms with Gasteiger partial charge in [-0.2, -0.15) is 0 Å². The van der Waals surface area contributed by atoms with E-state index in [4.69, 9.17) is 19.2 Å². The van der Waals surface area contributed by atoms with Gasteiger partial charge in [0.2, 0.25) is 0 Å². The molecule has 0 spiro atoms. The van der Waals surface area contributed by atoms with Gasteiger partial charge in [0, 0.05) is 21.7 Å². The molecule has 0 aromatic carbocycles. The molecule has 0 bridgehead atoms. The summed E-state index contributed by atoms with van der Waals surface area (Å²) in [7, 11) is -4.61. The van der Waals surface area contributed by atoms with Crippen molar-refractivity contribution in [3.63, 3.8) is 0 Å². The van der Waals surface area contributed by atoms with E-state index >= 15 is 0 Å². The zero-order valence-electron chi connectivity index (χ0n) is 5.50. The summed E-state index contributed by atoms with van der Waals surface area (Å²) >= 11 is 0. The van der Waals surface area contributed by atoms with Crippen molar-refractivity contribution in [2.45, 2.75) is 0 Å². The van der Waals surface area contributed by atoms with Crippen LogP contribution in [0.3, 0.4) is 0 Å². The Morgan fingerprint density at radius 1 is 1.00 bits per heavy atom. The van der Waals surface area contributed by atoms with Crippen molar-refractivity contribution in [3.05, 3.63) is 0 Å². The smallest absolute Gasteiger partial charge is 1.00 e. The summed E-state index contributed by atoms with van der Waals surface area (Å²) in [6.07, 6.45) is 0. The van der Waals surface area contributed by atoms with Crippen LogP contribution in [0.2, 0.25) is 0 Å². The number of rotatable bonds is 0. The predicted molar refractivity (Wildman–Crippen MR) is 22.6 cm³/mol. The Labute approximate surface area is 75.7 Å². The van der Waals surface area contributed by atoms with Crippen molar-refractivity contribution in [1.29, 1.82) is 0 Å². The summed E-state index contributed by atoms with van der Waals surface area (Å²) in [5, 5.41) is 0. The molecule has 0 atom stereocenters. The van der Waals surface area contributed by atoms with E-state index in [1.54, 1.807) is 0 Å². The van der Waals surface area contributed by atoms with Crippen LogP contribution >= 0.6 is 0 Å². The zero-order valence-corrected chi connectivity index (χ0v) is 7.47. The summed E-state index contributed by atoms with van der Waals surface area (Å²) in [5.41, 5.74) is 0. The fourth-order valence-corrected chi connectivity index (χ4v) is 0. The average molecular weight is 170 g/mol. The van der Waals surface area contributed by atoms with Gasteiger partial charge >= 0.3 is 32.1 Å². The summed E-state index contributed by atoms with van der Waals surface area (Å²) in [6, 6.07) is 0. The van der Waals surface area contributed by atoms with Gasteiger partial charge in [0.15, 0.2) is 0 Å². The van der Waals surface area contributed by atoms with E-state index in [1.807, 2.05) is 0 Å². The minimum atomic E-state index is -4.61. The Bertz CT molecular complexity index is 34.0. The van der Waals surface area contributed by atoms with E-state index in [2.05, 4.69) is 0 Å². The third-order valence-corrected chi connectivity index (χ3v) is 0. The Morgan fingerprint density at radius 3 is 1.00 bits per heavy atom. The topological polar surface area (TPSA) is 80.9 Å². The maximum absolute atomic E-state index is 7.33. The molecule has 0 fully saturated rings. The Kier molecular flexibility index (Phi) is 12.8. The van der Waals surface area contributed by atoms with Crippen molar-refractivity contribution < 1.29 is 43.8 Å². The predicted octanol–water partition coefficient (Wildman–Crippen LogP) is -2.77. The normalized spacial score (nSPS) is 8.57. The Morgan fingerprint density at radius 2 is 1.00 bits per heavy atom. The molecular weight excluding hydrogens is 164 g/mol. The van der Waals surface area contributed by atoms with Gasteiger partial charge in [0.25, 0.3) is 0 Å². The van der Waals surface area contributed by atoms with Gasteiger partial charge in [-0.15, -0.1) is 0 Å². The second-order valence-corrected chi connectivity index (χ2v) is 1.80. The van der Waals surface area contributed by atoms with Crippen LogP contribution in [0, 0.1) is 0 Å². The molecular formula is H6MgO4SiTi. The molecule has 40 valence electrons. The first-order valence-electron chi connectivity index (χ1n) is 0.894. The van der Waals surface area contributed by atoms with Crippen molar-refractivity contribution in [1.82, 2.24) is 0 Å². The fraction of sp³-hybridized carbons (Fsp3) is 0. The second kappa shape index (κ2) is 5.67.